The van der Waals surface area contributed by atoms with Gasteiger partial charge in [0.15, 0.2) is 0 Å². The zero-order valence-corrected chi connectivity index (χ0v) is 11.7. The molecule has 0 radical (unpaired) electrons. The molecule has 4 nitrogen and oxygen atoms in total. The smallest absolute Gasteiger partial charge is 0.264 e. The first kappa shape index (κ1) is 12.4. The molecule has 7 heteroatoms. The van der Waals surface area contributed by atoms with Gasteiger partial charge in [-0.3, -0.25) is 4.40 Å². The fraction of sp³-hybridized carbons (Fsp3) is 0. The Morgan fingerprint density at radius 2 is 2.21 bits per heavy atom. The third-order valence-electron chi connectivity index (χ3n) is 2.42. The summed E-state index contributed by atoms with van der Waals surface area (Å²) in [5.41, 5.74) is 0.559. The van der Waals surface area contributed by atoms with Crippen molar-refractivity contribution in [1.29, 1.82) is 0 Å². The van der Waals surface area contributed by atoms with E-state index in [0.29, 0.717) is 21.9 Å². The monoisotopic (exact) mass is 341 g/mol. The van der Waals surface area contributed by atoms with E-state index in [-0.39, 0.29) is 5.02 Å². The quantitative estimate of drug-likeness (QED) is 0.704. The fourth-order valence-corrected chi connectivity index (χ4v) is 2.15. The number of aromatic nitrogens is 3. The fourth-order valence-electron chi connectivity index (χ4n) is 1.59. The molecule has 2 heterocycles. The molecule has 0 saturated heterocycles. The minimum absolute atomic E-state index is 0.00754. The molecule has 3 aromatic rings. The van der Waals surface area contributed by atoms with Crippen LogP contribution >= 0.6 is 27.5 Å². The Morgan fingerprint density at radius 3 is 3.00 bits per heavy atom. The first-order valence-electron chi connectivity index (χ1n) is 5.25. The molecule has 0 aliphatic heterocycles. The van der Waals surface area contributed by atoms with Gasteiger partial charge in [-0.25, -0.2) is 14.4 Å². The van der Waals surface area contributed by atoms with E-state index < -0.39 is 5.82 Å². The summed E-state index contributed by atoms with van der Waals surface area (Å²) in [6.07, 6.45) is 5.16. The van der Waals surface area contributed by atoms with Crippen molar-refractivity contribution in [3.05, 3.63) is 52.2 Å². The average molecular weight is 343 g/mol. The summed E-state index contributed by atoms with van der Waals surface area (Å²) in [7, 11) is 0. The van der Waals surface area contributed by atoms with Gasteiger partial charge in [0.1, 0.15) is 16.2 Å². The van der Waals surface area contributed by atoms with E-state index in [2.05, 4.69) is 25.9 Å². The van der Waals surface area contributed by atoms with Crippen molar-refractivity contribution in [3.8, 4) is 11.6 Å². The SMILES string of the molecule is Fc1ccc(Oc2nc(Br)cn3ccnc23)cc1Cl. The van der Waals surface area contributed by atoms with Gasteiger partial charge < -0.3 is 4.74 Å². The molecular weight excluding hydrogens is 337 g/mol. The molecule has 96 valence electrons. The largest absolute Gasteiger partial charge is 0.436 e. The van der Waals surface area contributed by atoms with Gasteiger partial charge >= 0.3 is 0 Å². The van der Waals surface area contributed by atoms with Crippen LogP contribution < -0.4 is 4.74 Å². The van der Waals surface area contributed by atoms with Crippen molar-refractivity contribution in [3.63, 3.8) is 0 Å². The van der Waals surface area contributed by atoms with E-state index in [0.717, 1.165) is 0 Å². The Labute approximate surface area is 120 Å². The minimum atomic E-state index is -0.498. The van der Waals surface area contributed by atoms with Gasteiger partial charge in [-0.2, -0.15) is 0 Å². The first-order valence-corrected chi connectivity index (χ1v) is 6.43. The van der Waals surface area contributed by atoms with Crippen LogP contribution in [0.15, 0.2) is 41.4 Å². The lowest BCUT2D eigenvalue weighted by Gasteiger charge is -2.07. The van der Waals surface area contributed by atoms with Gasteiger partial charge in [0.05, 0.1) is 5.02 Å². The molecule has 0 N–H and O–H groups in total. The Balaban J connectivity index is 2.04. The van der Waals surface area contributed by atoms with Gasteiger partial charge in [0, 0.05) is 24.7 Å². The number of rotatable bonds is 2. The van der Waals surface area contributed by atoms with Crippen LogP contribution in [0.4, 0.5) is 4.39 Å². The number of hydrogen-bond acceptors (Lipinski definition) is 3. The number of nitrogens with zero attached hydrogens (tertiary/aromatic N) is 3. The van der Waals surface area contributed by atoms with Crippen molar-refractivity contribution in [1.82, 2.24) is 14.4 Å². The molecule has 0 unspecified atom stereocenters. The van der Waals surface area contributed by atoms with Gasteiger partial charge in [-0.1, -0.05) is 11.6 Å². The lowest BCUT2D eigenvalue weighted by Crippen LogP contribution is -1.95. The van der Waals surface area contributed by atoms with E-state index in [1.165, 1.54) is 18.2 Å². The molecule has 0 aliphatic carbocycles. The van der Waals surface area contributed by atoms with Gasteiger partial charge in [-0.15, -0.1) is 0 Å². The zero-order valence-electron chi connectivity index (χ0n) is 9.35. The van der Waals surface area contributed by atoms with Gasteiger partial charge in [0.25, 0.3) is 5.88 Å². The highest BCUT2D eigenvalue weighted by molar-refractivity contribution is 9.10. The third-order valence-corrected chi connectivity index (χ3v) is 3.09. The Bertz CT molecular complexity index is 762. The summed E-state index contributed by atoms with van der Waals surface area (Å²) in [6, 6.07) is 4.10. The van der Waals surface area contributed by atoms with Crippen LogP contribution in [0.3, 0.4) is 0 Å². The minimum Gasteiger partial charge on any atom is -0.436 e. The van der Waals surface area contributed by atoms with Crippen molar-refractivity contribution in [2.75, 3.05) is 0 Å². The summed E-state index contributed by atoms with van der Waals surface area (Å²) in [4.78, 5) is 8.34. The third kappa shape index (κ3) is 2.41. The molecule has 0 aliphatic rings. The summed E-state index contributed by atoms with van der Waals surface area (Å²) < 4.78 is 21.0. The molecule has 0 amide bonds. The molecule has 1 aromatic carbocycles. The highest BCUT2D eigenvalue weighted by Gasteiger charge is 2.10. The van der Waals surface area contributed by atoms with Crippen molar-refractivity contribution < 1.29 is 9.13 Å². The lowest BCUT2D eigenvalue weighted by atomic mass is 10.3. The van der Waals surface area contributed by atoms with Crippen LogP contribution in [0.25, 0.3) is 5.65 Å². The zero-order chi connectivity index (χ0) is 13.4. The lowest BCUT2D eigenvalue weighted by molar-refractivity contribution is 0.462. The van der Waals surface area contributed by atoms with Crippen LogP contribution in [-0.4, -0.2) is 14.4 Å². The second-order valence-corrected chi connectivity index (χ2v) is 4.92. The molecule has 0 fully saturated rings. The molecule has 0 saturated carbocycles. The van der Waals surface area contributed by atoms with E-state index >= 15 is 0 Å². The molecule has 0 atom stereocenters. The molecular formula is C12H6BrClFN3O. The predicted octanol–water partition coefficient (Wildman–Crippen LogP) is 4.08. The van der Waals surface area contributed by atoms with Crippen LogP contribution in [-0.2, 0) is 0 Å². The highest BCUT2D eigenvalue weighted by atomic mass is 79.9. The Morgan fingerprint density at radius 1 is 1.37 bits per heavy atom. The van der Waals surface area contributed by atoms with Crippen LogP contribution in [0.5, 0.6) is 11.6 Å². The molecule has 19 heavy (non-hydrogen) atoms. The number of halogens is 3. The highest BCUT2D eigenvalue weighted by Crippen LogP contribution is 2.28. The standard InChI is InChI=1S/C12H6BrClFN3O/c13-10-6-18-4-3-16-11(18)12(17-10)19-7-1-2-9(15)8(14)5-7/h1-6H. The van der Waals surface area contributed by atoms with Crippen LogP contribution in [0.1, 0.15) is 0 Å². The predicted molar refractivity (Wildman–Crippen MR) is 72.2 cm³/mol. The van der Waals surface area contributed by atoms with E-state index in [9.17, 15) is 4.39 Å². The maximum absolute atomic E-state index is 13.1. The van der Waals surface area contributed by atoms with Gasteiger partial charge in [-0.05, 0) is 28.1 Å². The van der Waals surface area contributed by atoms with E-state index in [1.807, 2.05) is 0 Å². The summed E-state index contributed by atoms with van der Waals surface area (Å²) in [5, 5.41) is -0.00754. The first-order chi connectivity index (χ1) is 9.13. The summed E-state index contributed by atoms with van der Waals surface area (Å²) in [5.74, 6) is 0.200. The molecule has 3 rings (SSSR count). The second kappa shape index (κ2) is 4.79. The maximum Gasteiger partial charge on any atom is 0.264 e. The van der Waals surface area contributed by atoms with Crippen LogP contribution in [0.2, 0.25) is 5.02 Å². The number of benzene rings is 1. The Kier molecular flexibility index (Phi) is 3.12. The van der Waals surface area contributed by atoms with Crippen molar-refractivity contribution in [2.45, 2.75) is 0 Å². The number of fused-ring (bicyclic) bond motifs is 1. The summed E-state index contributed by atoms with van der Waals surface area (Å²) in [6.45, 7) is 0. The topological polar surface area (TPSA) is 39.4 Å². The summed E-state index contributed by atoms with van der Waals surface area (Å²) >= 11 is 8.98. The van der Waals surface area contributed by atoms with Crippen molar-refractivity contribution >= 4 is 33.2 Å². The molecule has 2 aromatic heterocycles. The van der Waals surface area contributed by atoms with Gasteiger partial charge in [0.2, 0.25) is 5.65 Å². The second-order valence-electron chi connectivity index (χ2n) is 3.70. The van der Waals surface area contributed by atoms with Crippen molar-refractivity contribution in [2.24, 2.45) is 0 Å². The number of ether oxygens (including phenoxy) is 1. The average Bonchev–Trinajstić information content (AvgIpc) is 2.82. The van der Waals surface area contributed by atoms with E-state index in [4.69, 9.17) is 16.3 Å². The molecule has 0 bridgehead atoms. The Hall–Kier alpha value is -1.66. The normalized spacial score (nSPS) is 10.9. The molecule has 0 spiro atoms. The van der Waals surface area contributed by atoms with Crippen LogP contribution in [0, 0.1) is 5.82 Å². The number of hydrogen-bond donors (Lipinski definition) is 0. The maximum atomic E-state index is 13.1. The number of imidazole rings is 1. The van der Waals surface area contributed by atoms with E-state index in [1.54, 1.807) is 23.0 Å².